The van der Waals surface area contributed by atoms with Crippen molar-refractivity contribution in [2.24, 2.45) is 0 Å². The maximum atomic E-state index is 12.0. The topological polar surface area (TPSA) is 88.1 Å². The zero-order valence-corrected chi connectivity index (χ0v) is 24.9. The number of halogens is 6. The molecule has 188 valence electrons. The van der Waals surface area contributed by atoms with Crippen LogP contribution in [0.1, 0.15) is 38.3 Å². The Hall–Kier alpha value is 0.0700. The fourth-order valence-electron chi connectivity index (χ4n) is 3.97. The minimum Gasteiger partial charge on any atom is -0.482 e. The van der Waals surface area contributed by atoms with Crippen LogP contribution < -0.4 is 18.3 Å². The fourth-order valence-corrected chi connectivity index (χ4v) is 6.48. The molecule has 1 unspecified atom stereocenters. The molecule has 0 aromatic heterocycles. The Morgan fingerprint density at radius 1 is 0.735 bits per heavy atom. The number of hydrogen-bond acceptors (Lipinski definition) is 7. The second kappa shape index (κ2) is 9.75. The lowest BCUT2D eigenvalue weighted by molar-refractivity contribution is 0.0310. The van der Waals surface area contributed by atoms with E-state index in [0.29, 0.717) is 17.7 Å². The summed E-state index contributed by atoms with van der Waals surface area (Å²) in [5.41, 5.74) is -0.616. The minimum absolute atomic E-state index is 0.0478. The molecule has 7 nitrogen and oxygen atoms in total. The van der Waals surface area contributed by atoms with E-state index in [4.69, 9.17) is 85.8 Å². The van der Waals surface area contributed by atoms with Gasteiger partial charge in [0, 0.05) is 85.0 Å². The van der Waals surface area contributed by atoms with Gasteiger partial charge >= 0.3 is 18.2 Å². The second-order valence-electron chi connectivity index (χ2n) is 8.23. The Morgan fingerprint density at radius 2 is 1.21 bits per heavy atom. The van der Waals surface area contributed by atoms with Crippen molar-refractivity contribution in [3.8, 4) is 23.0 Å². The quantitative estimate of drug-likeness (QED) is 0.276. The summed E-state index contributed by atoms with van der Waals surface area (Å²) in [7, 11) is 0. The molecule has 1 atom stereocenters. The molecule has 0 aliphatic carbocycles. The normalized spacial score (nSPS) is 20.1. The fraction of sp³-hybridized carbons (Fsp3) is 0.333. The molecular formula is C18H17Cl6O7P3. The summed E-state index contributed by atoms with van der Waals surface area (Å²) in [6, 6.07) is 8.90. The molecule has 1 aliphatic heterocycles. The Morgan fingerprint density at radius 3 is 1.71 bits per heavy atom. The minimum atomic E-state index is -4.00. The number of ether oxygens (including phenoxy) is 1. The maximum Gasteiger partial charge on any atom is 0.428 e. The lowest BCUT2D eigenvalue weighted by atomic mass is 9.71. The van der Waals surface area contributed by atoms with Crippen LogP contribution in [0.4, 0.5) is 0 Å². The van der Waals surface area contributed by atoms with Gasteiger partial charge in [-0.2, -0.15) is 0 Å². The number of fused-ring (bicyclic) bond motifs is 1. The molecule has 1 heterocycles. The third-order valence-electron chi connectivity index (χ3n) is 4.94. The number of rotatable bonds is 7. The summed E-state index contributed by atoms with van der Waals surface area (Å²) in [5, 5.41) is 0. The van der Waals surface area contributed by atoms with Gasteiger partial charge < -0.3 is 18.3 Å². The Balaban J connectivity index is 2.12. The van der Waals surface area contributed by atoms with Crippen molar-refractivity contribution in [1.29, 1.82) is 0 Å². The zero-order valence-electron chi connectivity index (χ0n) is 17.6. The van der Waals surface area contributed by atoms with Crippen LogP contribution in [0.25, 0.3) is 0 Å². The molecule has 16 heteroatoms. The standard InChI is InChI=1S/C18H17Cl6O7P3/c1-17(2)10-18(3,28-15-6-4-11(8-13(15)17)29-32(19,20)25)14-9-12(30-33(21,22)26)5-7-16(14)31-34(23,24)27/h4-9H,10H2,1-3H3. The van der Waals surface area contributed by atoms with E-state index in [0.717, 1.165) is 5.56 Å². The molecule has 0 amide bonds. The molecule has 0 saturated heterocycles. The molecular weight excluding hydrogens is 634 g/mol. The van der Waals surface area contributed by atoms with E-state index in [1.807, 2.05) is 13.8 Å². The SMILES string of the molecule is CC1(C)CC(C)(c2cc(OP(=O)(Cl)Cl)ccc2OP(=O)(Cl)Cl)Oc2ccc(OP(=O)(Cl)Cl)cc21. The predicted molar refractivity (Wildman–Crippen MR) is 138 cm³/mol. The van der Waals surface area contributed by atoms with E-state index in [1.165, 1.54) is 24.3 Å². The van der Waals surface area contributed by atoms with E-state index in [9.17, 15) is 13.7 Å². The van der Waals surface area contributed by atoms with E-state index in [1.54, 1.807) is 19.1 Å². The first-order chi connectivity index (χ1) is 15.3. The van der Waals surface area contributed by atoms with Gasteiger partial charge in [0.2, 0.25) is 0 Å². The second-order valence-corrected chi connectivity index (χ2v) is 20.8. The largest absolute Gasteiger partial charge is 0.482 e. The molecule has 0 saturated carbocycles. The first-order valence-electron chi connectivity index (χ1n) is 9.31. The molecule has 0 spiro atoms. The van der Waals surface area contributed by atoms with Gasteiger partial charge in [0.25, 0.3) is 0 Å². The van der Waals surface area contributed by atoms with Crippen LogP contribution in [0.2, 0.25) is 0 Å². The van der Waals surface area contributed by atoms with Gasteiger partial charge in [-0.3, -0.25) is 0 Å². The van der Waals surface area contributed by atoms with Crippen molar-refractivity contribution in [1.82, 2.24) is 0 Å². The highest BCUT2D eigenvalue weighted by Crippen LogP contribution is 2.62. The van der Waals surface area contributed by atoms with Crippen LogP contribution in [-0.4, -0.2) is 0 Å². The Bertz CT molecular complexity index is 1250. The van der Waals surface area contributed by atoms with Gasteiger partial charge in [0.05, 0.1) is 0 Å². The average Bonchev–Trinajstić information content (AvgIpc) is 2.59. The average molecular weight is 651 g/mol. The van der Waals surface area contributed by atoms with Crippen LogP contribution in [0.5, 0.6) is 23.0 Å². The summed E-state index contributed by atoms with van der Waals surface area (Å²) >= 11 is 33.5. The van der Waals surface area contributed by atoms with Gasteiger partial charge in [-0.1, -0.05) is 13.8 Å². The smallest absolute Gasteiger partial charge is 0.428 e. The molecule has 2 aromatic carbocycles. The summed E-state index contributed by atoms with van der Waals surface area (Å²) in [6.07, 6.45) is -11.4. The Kier molecular flexibility index (Phi) is 8.21. The van der Waals surface area contributed by atoms with E-state index < -0.39 is 29.2 Å². The third-order valence-corrected chi connectivity index (χ3v) is 7.44. The summed E-state index contributed by atoms with van der Waals surface area (Å²) in [5.74, 6) is 0.762. The Labute approximate surface area is 225 Å². The van der Waals surface area contributed by atoms with E-state index in [2.05, 4.69) is 0 Å². The van der Waals surface area contributed by atoms with Crippen molar-refractivity contribution >= 4 is 85.7 Å². The van der Waals surface area contributed by atoms with Crippen molar-refractivity contribution in [3.05, 3.63) is 47.5 Å². The lowest BCUT2D eigenvalue weighted by Crippen LogP contribution is -2.41. The molecule has 0 N–H and O–H groups in total. The van der Waals surface area contributed by atoms with Crippen molar-refractivity contribution in [2.75, 3.05) is 0 Å². The van der Waals surface area contributed by atoms with Crippen LogP contribution in [0.15, 0.2) is 36.4 Å². The molecule has 0 fully saturated rings. The molecule has 0 bridgehead atoms. The third kappa shape index (κ3) is 7.54. The van der Waals surface area contributed by atoms with Gasteiger partial charge in [-0.25, -0.2) is 13.7 Å². The molecule has 2 aromatic rings. The van der Waals surface area contributed by atoms with Crippen LogP contribution in [0, 0.1) is 0 Å². The molecule has 1 aliphatic rings. The number of hydrogen-bond donors (Lipinski definition) is 0. The number of benzene rings is 2. The molecule has 3 rings (SSSR count). The summed E-state index contributed by atoms with van der Waals surface area (Å²) in [4.78, 5) is 0. The zero-order chi connectivity index (χ0) is 25.7. The van der Waals surface area contributed by atoms with E-state index >= 15 is 0 Å². The van der Waals surface area contributed by atoms with Crippen LogP contribution >= 0.6 is 85.7 Å². The summed E-state index contributed by atoms with van der Waals surface area (Å²) < 4.78 is 57.3. The van der Waals surface area contributed by atoms with Gasteiger partial charge in [-0.15, -0.1) is 0 Å². The van der Waals surface area contributed by atoms with Gasteiger partial charge in [0.1, 0.15) is 28.6 Å². The lowest BCUT2D eigenvalue weighted by Gasteiger charge is -2.45. The van der Waals surface area contributed by atoms with Crippen LogP contribution in [-0.2, 0) is 24.7 Å². The van der Waals surface area contributed by atoms with Crippen LogP contribution in [0.3, 0.4) is 0 Å². The van der Waals surface area contributed by atoms with E-state index in [-0.39, 0.29) is 17.2 Å². The van der Waals surface area contributed by atoms with Gasteiger partial charge in [0.15, 0.2) is 0 Å². The highest BCUT2D eigenvalue weighted by atomic mass is 35.9. The van der Waals surface area contributed by atoms with Gasteiger partial charge in [-0.05, 0) is 48.7 Å². The van der Waals surface area contributed by atoms with Crippen molar-refractivity contribution < 1.29 is 32.0 Å². The molecule has 0 radical (unpaired) electrons. The highest BCUT2D eigenvalue weighted by Gasteiger charge is 2.45. The highest BCUT2D eigenvalue weighted by molar-refractivity contribution is 8.06. The summed E-state index contributed by atoms with van der Waals surface area (Å²) in [6.45, 7) is 5.64. The molecule has 34 heavy (non-hydrogen) atoms. The monoisotopic (exact) mass is 648 g/mol. The van der Waals surface area contributed by atoms with Crippen molar-refractivity contribution in [2.45, 2.75) is 38.2 Å². The maximum absolute atomic E-state index is 12.0. The van der Waals surface area contributed by atoms with Crippen molar-refractivity contribution in [3.63, 3.8) is 0 Å². The first-order valence-corrected chi connectivity index (χ1v) is 19.6. The predicted octanol–water partition coefficient (Wildman–Crippen LogP) is 10.6. The first kappa shape index (κ1) is 28.6.